The maximum atomic E-state index is 11.7. The number of carbonyl (C=O) groups is 1. The zero-order valence-electron chi connectivity index (χ0n) is 14.2. The Morgan fingerprint density at radius 1 is 0.909 bits per heavy atom. The van der Waals surface area contributed by atoms with Gasteiger partial charge in [-0.2, -0.15) is 0 Å². The Kier molecular flexibility index (Phi) is 6.17. The highest BCUT2D eigenvalue weighted by Crippen LogP contribution is 2.29. The standard InChI is InChI=1S/C19H34N2O/c22-19(20-18-8-9-18)10-7-17-11-14-21(15-12-17)13-3-6-16-4-1-2-5-16/h16-18H,1-15H2,(H,20,22). The summed E-state index contributed by atoms with van der Waals surface area (Å²) in [5.74, 6) is 2.13. The lowest BCUT2D eigenvalue weighted by Gasteiger charge is -2.32. The van der Waals surface area contributed by atoms with Gasteiger partial charge in [-0.3, -0.25) is 4.79 Å². The molecule has 3 fully saturated rings. The highest BCUT2D eigenvalue weighted by atomic mass is 16.1. The molecule has 0 bridgehead atoms. The van der Waals surface area contributed by atoms with Crippen molar-refractivity contribution in [2.45, 2.75) is 83.1 Å². The van der Waals surface area contributed by atoms with Gasteiger partial charge < -0.3 is 10.2 Å². The van der Waals surface area contributed by atoms with Crippen LogP contribution in [0.5, 0.6) is 0 Å². The third-order valence-electron chi connectivity index (χ3n) is 5.99. The first-order valence-corrected chi connectivity index (χ1v) is 9.81. The molecule has 3 nitrogen and oxygen atoms in total. The molecule has 2 aliphatic carbocycles. The average molecular weight is 306 g/mol. The van der Waals surface area contributed by atoms with Crippen LogP contribution < -0.4 is 5.32 Å². The second kappa shape index (κ2) is 8.33. The molecule has 1 amide bonds. The van der Waals surface area contributed by atoms with Crippen LogP contribution in [0.1, 0.15) is 77.0 Å². The summed E-state index contributed by atoms with van der Waals surface area (Å²) < 4.78 is 0. The fourth-order valence-electron chi connectivity index (χ4n) is 4.26. The van der Waals surface area contributed by atoms with E-state index in [9.17, 15) is 4.79 Å². The Bertz CT molecular complexity index is 339. The molecule has 3 aliphatic rings. The fraction of sp³-hybridized carbons (Fsp3) is 0.947. The number of likely N-dealkylation sites (tertiary alicyclic amines) is 1. The van der Waals surface area contributed by atoms with Crippen LogP contribution in [-0.2, 0) is 4.79 Å². The van der Waals surface area contributed by atoms with E-state index < -0.39 is 0 Å². The van der Waals surface area contributed by atoms with E-state index in [1.54, 1.807) is 0 Å². The molecule has 0 radical (unpaired) electrons. The zero-order chi connectivity index (χ0) is 15.2. The number of rotatable bonds is 8. The quantitative estimate of drug-likeness (QED) is 0.741. The molecule has 0 aromatic rings. The molecule has 0 aromatic heterocycles. The predicted molar refractivity (Wildman–Crippen MR) is 90.8 cm³/mol. The molecule has 0 unspecified atom stereocenters. The van der Waals surface area contributed by atoms with Crippen molar-refractivity contribution in [2.24, 2.45) is 11.8 Å². The second-order valence-corrected chi connectivity index (χ2v) is 7.96. The molecule has 126 valence electrons. The summed E-state index contributed by atoms with van der Waals surface area (Å²) in [6.07, 6.45) is 15.7. The van der Waals surface area contributed by atoms with Crippen molar-refractivity contribution in [2.75, 3.05) is 19.6 Å². The van der Waals surface area contributed by atoms with Crippen molar-refractivity contribution in [3.63, 3.8) is 0 Å². The van der Waals surface area contributed by atoms with Crippen molar-refractivity contribution in [1.29, 1.82) is 0 Å². The molecule has 3 heteroatoms. The number of nitrogens with zero attached hydrogens (tertiary/aromatic N) is 1. The number of amides is 1. The largest absolute Gasteiger partial charge is 0.353 e. The minimum Gasteiger partial charge on any atom is -0.353 e. The van der Waals surface area contributed by atoms with E-state index in [2.05, 4.69) is 10.2 Å². The third kappa shape index (κ3) is 5.57. The van der Waals surface area contributed by atoms with Crippen LogP contribution >= 0.6 is 0 Å². The van der Waals surface area contributed by atoms with Crippen molar-refractivity contribution >= 4 is 5.91 Å². The Labute approximate surface area is 136 Å². The molecule has 2 saturated carbocycles. The van der Waals surface area contributed by atoms with Gasteiger partial charge in [-0.1, -0.05) is 25.7 Å². The third-order valence-corrected chi connectivity index (χ3v) is 5.99. The lowest BCUT2D eigenvalue weighted by Crippen LogP contribution is -2.35. The molecular weight excluding hydrogens is 272 g/mol. The highest BCUT2D eigenvalue weighted by Gasteiger charge is 2.24. The molecule has 0 aromatic carbocycles. The molecule has 3 rings (SSSR count). The second-order valence-electron chi connectivity index (χ2n) is 7.96. The number of carbonyl (C=O) groups excluding carboxylic acids is 1. The van der Waals surface area contributed by atoms with E-state index in [1.807, 2.05) is 0 Å². The molecular formula is C19H34N2O. The SMILES string of the molecule is O=C(CCC1CCN(CCCC2CCCC2)CC1)NC1CC1. The van der Waals surface area contributed by atoms with Gasteiger partial charge in [-0.25, -0.2) is 0 Å². The maximum absolute atomic E-state index is 11.7. The first-order chi connectivity index (χ1) is 10.8. The zero-order valence-corrected chi connectivity index (χ0v) is 14.2. The summed E-state index contributed by atoms with van der Waals surface area (Å²) in [6.45, 7) is 3.84. The van der Waals surface area contributed by atoms with Crippen LogP contribution in [0.4, 0.5) is 0 Å². The topological polar surface area (TPSA) is 32.3 Å². The summed E-state index contributed by atoms with van der Waals surface area (Å²) in [6, 6.07) is 0.522. The minimum atomic E-state index is 0.293. The molecule has 1 N–H and O–H groups in total. The summed E-state index contributed by atoms with van der Waals surface area (Å²) in [4.78, 5) is 14.4. The molecule has 1 aliphatic heterocycles. The summed E-state index contributed by atoms with van der Waals surface area (Å²) in [5.41, 5.74) is 0. The van der Waals surface area contributed by atoms with Gasteiger partial charge in [0.25, 0.3) is 0 Å². The number of nitrogens with one attached hydrogen (secondary N) is 1. The first kappa shape index (κ1) is 16.3. The van der Waals surface area contributed by atoms with Gasteiger partial charge in [-0.05, 0) is 76.4 Å². The maximum Gasteiger partial charge on any atom is 0.220 e. The summed E-state index contributed by atoms with van der Waals surface area (Å²) in [7, 11) is 0. The van der Waals surface area contributed by atoms with Crippen LogP contribution in [0.15, 0.2) is 0 Å². The molecule has 0 atom stereocenters. The van der Waals surface area contributed by atoms with E-state index in [1.165, 1.54) is 83.8 Å². The first-order valence-electron chi connectivity index (χ1n) is 9.81. The minimum absolute atomic E-state index is 0.293. The Morgan fingerprint density at radius 3 is 2.27 bits per heavy atom. The van der Waals surface area contributed by atoms with Gasteiger partial charge >= 0.3 is 0 Å². The van der Waals surface area contributed by atoms with Crippen molar-refractivity contribution in [3.8, 4) is 0 Å². The van der Waals surface area contributed by atoms with E-state index in [0.29, 0.717) is 11.9 Å². The molecule has 1 saturated heterocycles. The van der Waals surface area contributed by atoms with Gasteiger partial charge in [0.1, 0.15) is 0 Å². The monoisotopic (exact) mass is 306 g/mol. The van der Waals surface area contributed by atoms with Crippen LogP contribution in [0, 0.1) is 11.8 Å². The summed E-state index contributed by atoms with van der Waals surface area (Å²) in [5, 5.41) is 3.11. The van der Waals surface area contributed by atoms with Crippen LogP contribution in [-0.4, -0.2) is 36.5 Å². The predicted octanol–water partition coefficient (Wildman–Crippen LogP) is 3.73. The van der Waals surface area contributed by atoms with Crippen LogP contribution in [0.3, 0.4) is 0 Å². The van der Waals surface area contributed by atoms with E-state index >= 15 is 0 Å². The average Bonchev–Trinajstić information content (AvgIpc) is 3.18. The molecule has 1 heterocycles. The lowest BCUT2D eigenvalue weighted by atomic mass is 9.91. The molecule has 0 spiro atoms. The van der Waals surface area contributed by atoms with Crippen molar-refractivity contribution in [3.05, 3.63) is 0 Å². The van der Waals surface area contributed by atoms with Crippen molar-refractivity contribution < 1.29 is 4.79 Å². The van der Waals surface area contributed by atoms with E-state index in [4.69, 9.17) is 0 Å². The van der Waals surface area contributed by atoms with Crippen molar-refractivity contribution in [1.82, 2.24) is 10.2 Å². The number of hydrogen-bond acceptors (Lipinski definition) is 2. The summed E-state index contributed by atoms with van der Waals surface area (Å²) >= 11 is 0. The smallest absolute Gasteiger partial charge is 0.220 e. The normalized spacial score (nSPS) is 24.7. The van der Waals surface area contributed by atoms with Gasteiger partial charge in [0, 0.05) is 12.5 Å². The van der Waals surface area contributed by atoms with Gasteiger partial charge in [0.05, 0.1) is 0 Å². The number of hydrogen-bond donors (Lipinski definition) is 1. The Morgan fingerprint density at radius 2 is 1.59 bits per heavy atom. The Hall–Kier alpha value is -0.570. The fourth-order valence-corrected chi connectivity index (χ4v) is 4.26. The molecule has 22 heavy (non-hydrogen) atoms. The Balaban J connectivity index is 1.21. The van der Waals surface area contributed by atoms with Crippen LogP contribution in [0.25, 0.3) is 0 Å². The highest BCUT2D eigenvalue weighted by molar-refractivity contribution is 5.76. The van der Waals surface area contributed by atoms with Gasteiger partial charge in [-0.15, -0.1) is 0 Å². The van der Waals surface area contributed by atoms with Gasteiger partial charge in [0.15, 0.2) is 0 Å². The van der Waals surface area contributed by atoms with Crippen LogP contribution in [0.2, 0.25) is 0 Å². The van der Waals surface area contributed by atoms with E-state index in [0.717, 1.165) is 24.7 Å². The van der Waals surface area contributed by atoms with E-state index in [-0.39, 0.29) is 0 Å². The lowest BCUT2D eigenvalue weighted by molar-refractivity contribution is -0.121. The van der Waals surface area contributed by atoms with Gasteiger partial charge in [0.2, 0.25) is 5.91 Å². The number of piperidine rings is 1.